The van der Waals surface area contributed by atoms with Gasteiger partial charge in [-0.2, -0.15) is 0 Å². The Bertz CT molecular complexity index is 1890. The molecule has 0 saturated carbocycles. The van der Waals surface area contributed by atoms with Crippen LogP contribution in [0, 0.1) is 23.7 Å². The highest BCUT2D eigenvalue weighted by Gasteiger charge is 2.30. The Morgan fingerprint density at radius 1 is 0.292 bits per heavy atom. The normalized spacial score (nSPS) is 14.7. The molecule has 19 heteroatoms. The van der Waals surface area contributed by atoms with Crippen LogP contribution in [0.4, 0.5) is 0 Å². The lowest BCUT2D eigenvalue weighted by atomic mass is 10.00. The summed E-state index contributed by atoms with van der Waals surface area (Å²) in [6, 6.07) is 0. The van der Waals surface area contributed by atoms with Crippen LogP contribution in [0.3, 0.4) is 0 Å². The van der Waals surface area contributed by atoms with Crippen LogP contribution in [0.5, 0.6) is 0 Å². The summed E-state index contributed by atoms with van der Waals surface area (Å²) in [5.41, 5.74) is 0. The van der Waals surface area contributed by atoms with Crippen LogP contribution in [0.2, 0.25) is 0 Å². The van der Waals surface area contributed by atoms with E-state index in [0.717, 1.165) is 120 Å². The maximum Gasteiger partial charge on any atom is 0.472 e. The van der Waals surface area contributed by atoms with Crippen LogP contribution in [-0.2, 0) is 65.4 Å². The van der Waals surface area contributed by atoms with Crippen molar-refractivity contribution >= 4 is 39.5 Å². The van der Waals surface area contributed by atoms with Crippen LogP contribution in [-0.4, -0.2) is 96.7 Å². The van der Waals surface area contributed by atoms with Crippen molar-refractivity contribution in [3.63, 3.8) is 0 Å². The second-order valence-electron chi connectivity index (χ2n) is 29.2. The number of ether oxygens (including phenoxy) is 4. The van der Waals surface area contributed by atoms with E-state index in [1.807, 2.05) is 0 Å². The van der Waals surface area contributed by atoms with E-state index in [1.165, 1.54) is 186 Å². The fourth-order valence-corrected chi connectivity index (χ4v) is 13.2. The number of phosphoric acid groups is 2. The molecule has 0 heterocycles. The van der Waals surface area contributed by atoms with Crippen molar-refractivity contribution in [2.75, 3.05) is 39.6 Å². The number of hydrogen-bond donors (Lipinski definition) is 3. The summed E-state index contributed by atoms with van der Waals surface area (Å²) in [6.45, 7) is 14.2. The number of rotatable bonds is 74. The quantitative estimate of drug-likeness (QED) is 0.0222. The Hall–Kier alpha value is -1.94. The molecule has 0 rings (SSSR count). The molecule has 570 valence electrons. The SMILES string of the molecule is CCC(C)CCCCCCCCC(=O)OC[C@H](COP(=O)(O)OC[C@H](O)COP(=O)(O)OC[C@@H](COC(=O)CCCCCCCCCCCCCCCCCCC(C)C)OC(=O)CCCCCCCCC(C)CC)OC(=O)CCCCCCCCCCCCCCCCC(C)C. The topological polar surface area (TPSA) is 237 Å². The molecule has 0 amide bonds. The zero-order valence-electron chi connectivity index (χ0n) is 63.0. The van der Waals surface area contributed by atoms with Gasteiger partial charge in [0.2, 0.25) is 0 Å². The smallest absolute Gasteiger partial charge is 0.462 e. The van der Waals surface area contributed by atoms with E-state index < -0.39 is 97.5 Å². The van der Waals surface area contributed by atoms with Crippen LogP contribution in [0.15, 0.2) is 0 Å². The molecular formula is C77H150O17P2. The summed E-state index contributed by atoms with van der Waals surface area (Å²) in [7, 11) is -9.91. The van der Waals surface area contributed by atoms with Crippen LogP contribution in [0.25, 0.3) is 0 Å². The monoisotopic (exact) mass is 1410 g/mol. The predicted molar refractivity (Wildman–Crippen MR) is 391 cm³/mol. The third-order valence-electron chi connectivity index (χ3n) is 18.5. The summed E-state index contributed by atoms with van der Waals surface area (Å²) >= 11 is 0. The van der Waals surface area contributed by atoms with Gasteiger partial charge >= 0.3 is 39.5 Å². The van der Waals surface area contributed by atoms with Gasteiger partial charge in [0.15, 0.2) is 12.2 Å². The summed E-state index contributed by atoms with van der Waals surface area (Å²) < 4.78 is 68.5. The average Bonchev–Trinajstić information content (AvgIpc) is 1.49. The first-order chi connectivity index (χ1) is 46.2. The average molecular weight is 1410 g/mol. The predicted octanol–water partition coefficient (Wildman–Crippen LogP) is 22.4. The Kier molecular flexibility index (Phi) is 65.0. The van der Waals surface area contributed by atoms with Crippen LogP contribution >= 0.6 is 15.6 Å². The Morgan fingerprint density at radius 3 is 0.740 bits per heavy atom. The van der Waals surface area contributed by atoms with E-state index in [0.29, 0.717) is 25.7 Å². The molecule has 0 bridgehead atoms. The first kappa shape index (κ1) is 94.1. The van der Waals surface area contributed by atoms with Gasteiger partial charge in [-0.1, -0.05) is 338 Å². The molecule has 0 fully saturated rings. The van der Waals surface area contributed by atoms with Crippen molar-refractivity contribution in [3.8, 4) is 0 Å². The molecular weight excluding hydrogens is 1260 g/mol. The molecule has 0 aromatic rings. The first-order valence-electron chi connectivity index (χ1n) is 39.8. The molecule has 0 aliphatic rings. The molecule has 0 aliphatic carbocycles. The summed E-state index contributed by atoms with van der Waals surface area (Å²) in [6.07, 6.45) is 51.5. The number of esters is 4. The molecule has 0 aliphatic heterocycles. The lowest BCUT2D eigenvalue weighted by Gasteiger charge is -2.21. The van der Waals surface area contributed by atoms with E-state index in [-0.39, 0.29) is 25.7 Å². The lowest BCUT2D eigenvalue weighted by Crippen LogP contribution is -2.30. The van der Waals surface area contributed by atoms with Crippen LogP contribution < -0.4 is 0 Å². The second-order valence-corrected chi connectivity index (χ2v) is 32.1. The van der Waals surface area contributed by atoms with E-state index in [2.05, 4.69) is 55.4 Å². The number of unbranched alkanes of at least 4 members (excludes halogenated alkanes) is 38. The van der Waals surface area contributed by atoms with Crippen molar-refractivity contribution < 1.29 is 80.2 Å². The number of carbonyl (C=O) groups excluding carboxylic acids is 4. The maximum atomic E-state index is 13.1. The van der Waals surface area contributed by atoms with Crippen molar-refractivity contribution in [2.24, 2.45) is 23.7 Å². The van der Waals surface area contributed by atoms with Gasteiger partial charge in [-0.3, -0.25) is 37.3 Å². The fraction of sp³-hybridized carbons (Fsp3) is 0.948. The van der Waals surface area contributed by atoms with Gasteiger partial charge in [0.25, 0.3) is 0 Å². The van der Waals surface area contributed by atoms with Gasteiger partial charge < -0.3 is 33.8 Å². The van der Waals surface area contributed by atoms with Gasteiger partial charge in [-0.05, 0) is 49.4 Å². The highest BCUT2D eigenvalue weighted by Crippen LogP contribution is 2.45. The van der Waals surface area contributed by atoms with Crippen molar-refractivity contribution in [1.29, 1.82) is 0 Å². The zero-order valence-corrected chi connectivity index (χ0v) is 64.8. The number of carbonyl (C=O) groups is 4. The zero-order chi connectivity index (χ0) is 71.0. The largest absolute Gasteiger partial charge is 0.472 e. The number of aliphatic hydroxyl groups is 1. The van der Waals surface area contributed by atoms with Gasteiger partial charge in [0.05, 0.1) is 26.4 Å². The van der Waals surface area contributed by atoms with Crippen LogP contribution in [0.1, 0.15) is 389 Å². The molecule has 0 spiro atoms. The molecule has 17 nitrogen and oxygen atoms in total. The maximum absolute atomic E-state index is 13.1. The van der Waals surface area contributed by atoms with Crippen molar-refractivity contribution in [1.82, 2.24) is 0 Å². The number of phosphoric ester groups is 2. The minimum Gasteiger partial charge on any atom is -0.462 e. The molecule has 0 aromatic heterocycles. The Labute approximate surface area is 588 Å². The van der Waals surface area contributed by atoms with Gasteiger partial charge in [-0.15, -0.1) is 0 Å². The Balaban J connectivity index is 5.18. The van der Waals surface area contributed by atoms with E-state index in [1.54, 1.807) is 0 Å². The number of hydrogen-bond acceptors (Lipinski definition) is 15. The lowest BCUT2D eigenvalue weighted by molar-refractivity contribution is -0.161. The van der Waals surface area contributed by atoms with Gasteiger partial charge in [-0.25, -0.2) is 9.13 Å². The minimum atomic E-state index is -4.96. The van der Waals surface area contributed by atoms with E-state index in [9.17, 15) is 43.2 Å². The van der Waals surface area contributed by atoms with E-state index in [4.69, 9.17) is 37.0 Å². The molecule has 7 atom stereocenters. The summed E-state index contributed by atoms with van der Waals surface area (Å²) in [5.74, 6) is 0.935. The molecule has 3 N–H and O–H groups in total. The minimum absolute atomic E-state index is 0.103. The first-order valence-corrected chi connectivity index (χ1v) is 42.8. The summed E-state index contributed by atoms with van der Waals surface area (Å²) in [4.78, 5) is 72.8. The van der Waals surface area contributed by atoms with Crippen molar-refractivity contribution in [2.45, 2.75) is 408 Å². The standard InChI is InChI=1S/C77H150O17P2/c1-9-69(7)55-47-39-33-35-42-50-58-75(80)88-64-72(93-76(81)59-51-43-32-28-24-20-16-15-18-22-26-30-38-46-54-68(5)6)65-91-95(83,84)89-61-71(78)62-90-96(85,86)92-66-73(94-77(82)60-52-44-36-34-40-48-56-70(8)10-2)63-87-74(79)57-49-41-31-27-23-19-14-12-11-13-17-21-25-29-37-45-53-67(3)4/h67-73,78H,9-66H2,1-8H3,(H,83,84)(H,85,86)/t69?,70?,71-,72+,73+/m0/s1. The molecule has 4 unspecified atom stereocenters. The van der Waals surface area contributed by atoms with Gasteiger partial charge in [0.1, 0.15) is 19.3 Å². The Morgan fingerprint density at radius 2 is 0.500 bits per heavy atom. The fourth-order valence-electron chi connectivity index (χ4n) is 11.7. The second kappa shape index (κ2) is 66.3. The molecule has 96 heavy (non-hydrogen) atoms. The van der Waals surface area contributed by atoms with Crippen molar-refractivity contribution in [3.05, 3.63) is 0 Å². The van der Waals surface area contributed by atoms with Gasteiger partial charge in [0, 0.05) is 25.7 Å². The molecule has 0 saturated heterocycles. The molecule has 0 aromatic carbocycles. The summed E-state index contributed by atoms with van der Waals surface area (Å²) in [5, 5.41) is 10.6. The molecule has 0 radical (unpaired) electrons. The third kappa shape index (κ3) is 67.9. The highest BCUT2D eigenvalue weighted by molar-refractivity contribution is 7.47. The third-order valence-corrected chi connectivity index (χ3v) is 20.4. The van der Waals surface area contributed by atoms with E-state index >= 15 is 0 Å². The number of aliphatic hydroxyl groups excluding tert-OH is 1. The highest BCUT2D eigenvalue weighted by atomic mass is 31.2.